The van der Waals surface area contributed by atoms with Crippen LogP contribution < -0.4 is 0 Å². The van der Waals surface area contributed by atoms with Crippen LogP contribution in [-0.2, 0) is 0 Å². The fourth-order valence-corrected chi connectivity index (χ4v) is 1.89. The summed E-state index contributed by atoms with van der Waals surface area (Å²) in [6.07, 6.45) is 3.87. The summed E-state index contributed by atoms with van der Waals surface area (Å²) in [6.45, 7) is 0.997. The first-order chi connectivity index (χ1) is 7.66. The first-order valence-electron chi connectivity index (χ1n) is 5.11. The molecule has 86 valence electrons. The van der Waals surface area contributed by atoms with Crippen LogP contribution in [0.1, 0.15) is 23.3 Å². The largest absolute Gasteiger partial charge is 0.391 e. The lowest BCUT2D eigenvalue weighted by Crippen LogP contribution is -2.42. The van der Waals surface area contributed by atoms with Gasteiger partial charge < -0.3 is 10.0 Å². The number of aliphatic hydroxyl groups is 1. The zero-order valence-corrected chi connectivity index (χ0v) is 9.39. The summed E-state index contributed by atoms with van der Waals surface area (Å²) < 4.78 is 0. The maximum Gasteiger partial charge on any atom is 0.274 e. The minimum absolute atomic E-state index is 0.198. The Kier molecular flexibility index (Phi) is 3.36. The van der Waals surface area contributed by atoms with Gasteiger partial charge in [0.2, 0.25) is 0 Å². The van der Waals surface area contributed by atoms with Crippen molar-refractivity contribution in [1.82, 2.24) is 14.9 Å². The Morgan fingerprint density at radius 3 is 3.06 bits per heavy atom. The number of carbonyl (C=O) groups excluding carboxylic acids is 1. The molecule has 1 fully saturated rings. The number of likely N-dealkylation sites (tertiary alicyclic amines) is 1. The van der Waals surface area contributed by atoms with E-state index in [0.29, 0.717) is 13.1 Å². The van der Waals surface area contributed by atoms with Gasteiger partial charge in [-0.1, -0.05) is 11.6 Å². The van der Waals surface area contributed by atoms with E-state index in [0.717, 1.165) is 12.8 Å². The van der Waals surface area contributed by atoms with Crippen molar-refractivity contribution in [3.8, 4) is 0 Å². The first-order valence-corrected chi connectivity index (χ1v) is 5.49. The van der Waals surface area contributed by atoms with E-state index in [1.165, 1.54) is 12.4 Å². The van der Waals surface area contributed by atoms with E-state index in [1.54, 1.807) is 4.90 Å². The molecule has 1 amide bonds. The van der Waals surface area contributed by atoms with Crippen LogP contribution in [0.5, 0.6) is 0 Å². The van der Waals surface area contributed by atoms with Crippen LogP contribution in [0, 0.1) is 0 Å². The zero-order chi connectivity index (χ0) is 11.5. The lowest BCUT2D eigenvalue weighted by molar-refractivity contribution is 0.0468. The number of rotatable bonds is 1. The average Bonchev–Trinajstić information content (AvgIpc) is 2.28. The van der Waals surface area contributed by atoms with E-state index >= 15 is 0 Å². The summed E-state index contributed by atoms with van der Waals surface area (Å²) in [5.41, 5.74) is 0.224. The van der Waals surface area contributed by atoms with Crippen LogP contribution >= 0.6 is 11.6 Å². The van der Waals surface area contributed by atoms with Gasteiger partial charge >= 0.3 is 0 Å². The molecule has 6 heteroatoms. The third-order valence-corrected chi connectivity index (χ3v) is 2.69. The summed E-state index contributed by atoms with van der Waals surface area (Å²) in [4.78, 5) is 21.2. The fourth-order valence-electron chi connectivity index (χ4n) is 1.75. The molecule has 0 aromatic carbocycles. The molecule has 1 N–H and O–H groups in total. The maximum atomic E-state index is 12.0. The van der Waals surface area contributed by atoms with Crippen molar-refractivity contribution >= 4 is 17.5 Å². The van der Waals surface area contributed by atoms with Gasteiger partial charge in [-0.05, 0) is 12.8 Å². The SMILES string of the molecule is O=C(c1cncc(Cl)n1)N1CCC[C@H](O)C1. The number of hydrogen-bond donors (Lipinski definition) is 1. The van der Waals surface area contributed by atoms with E-state index < -0.39 is 6.10 Å². The van der Waals surface area contributed by atoms with Crippen LogP contribution in [0.3, 0.4) is 0 Å². The van der Waals surface area contributed by atoms with Crippen LogP contribution in [0.4, 0.5) is 0 Å². The van der Waals surface area contributed by atoms with Crippen molar-refractivity contribution in [3.05, 3.63) is 23.2 Å². The van der Waals surface area contributed by atoms with Gasteiger partial charge in [-0.3, -0.25) is 9.78 Å². The molecule has 0 radical (unpaired) electrons. The van der Waals surface area contributed by atoms with Crippen LogP contribution in [-0.4, -0.2) is 45.1 Å². The number of amides is 1. The molecule has 0 aliphatic carbocycles. The van der Waals surface area contributed by atoms with Gasteiger partial charge in [0.05, 0.1) is 18.5 Å². The number of aromatic nitrogens is 2. The van der Waals surface area contributed by atoms with Crippen molar-refractivity contribution in [1.29, 1.82) is 0 Å². The Labute approximate surface area is 98.1 Å². The molecule has 2 heterocycles. The number of carbonyl (C=O) groups is 1. The predicted molar refractivity (Wildman–Crippen MR) is 58.2 cm³/mol. The molecular formula is C10H12ClN3O2. The Morgan fingerprint density at radius 2 is 2.38 bits per heavy atom. The number of hydrogen-bond acceptors (Lipinski definition) is 4. The highest BCUT2D eigenvalue weighted by Crippen LogP contribution is 2.13. The van der Waals surface area contributed by atoms with Gasteiger partial charge in [0.1, 0.15) is 10.8 Å². The second-order valence-corrected chi connectivity index (χ2v) is 4.16. The van der Waals surface area contributed by atoms with Gasteiger partial charge in [-0.2, -0.15) is 0 Å². The predicted octanol–water partition coefficient (Wildman–Crippen LogP) is 0.727. The van der Waals surface area contributed by atoms with E-state index in [4.69, 9.17) is 11.6 Å². The minimum atomic E-state index is -0.440. The third kappa shape index (κ3) is 2.48. The molecule has 1 saturated heterocycles. The second kappa shape index (κ2) is 4.76. The maximum absolute atomic E-state index is 12.0. The Hall–Kier alpha value is -1.20. The van der Waals surface area contributed by atoms with Crippen molar-refractivity contribution in [2.45, 2.75) is 18.9 Å². The van der Waals surface area contributed by atoms with Crippen molar-refractivity contribution < 1.29 is 9.90 Å². The molecule has 1 aliphatic rings. The van der Waals surface area contributed by atoms with Crippen molar-refractivity contribution in [2.24, 2.45) is 0 Å². The zero-order valence-electron chi connectivity index (χ0n) is 8.64. The van der Waals surface area contributed by atoms with Gasteiger partial charge in [0.15, 0.2) is 0 Å². The lowest BCUT2D eigenvalue weighted by Gasteiger charge is -2.29. The molecule has 0 saturated carbocycles. The number of aliphatic hydroxyl groups excluding tert-OH is 1. The highest BCUT2D eigenvalue weighted by atomic mass is 35.5. The summed E-state index contributed by atoms with van der Waals surface area (Å²) >= 11 is 5.66. The van der Waals surface area contributed by atoms with Crippen molar-refractivity contribution in [2.75, 3.05) is 13.1 Å². The summed E-state index contributed by atoms with van der Waals surface area (Å²) in [6, 6.07) is 0. The standard InChI is InChI=1S/C10H12ClN3O2/c11-9-5-12-4-8(13-9)10(16)14-3-1-2-7(15)6-14/h4-5,7,15H,1-3,6H2/t7-/m0/s1. The lowest BCUT2D eigenvalue weighted by atomic mass is 10.1. The third-order valence-electron chi connectivity index (χ3n) is 2.51. The van der Waals surface area contributed by atoms with Crippen molar-refractivity contribution in [3.63, 3.8) is 0 Å². The van der Waals surface area contributed by atoms with E-state index in [-0.39, 0.29) is 16.8 Å². The van der Waals surface area contributed by atoms with Crippen LogP contribution in [0.2, 0.25) is 5.15 Å². The molecule has 16 heavy (non-hydrogen) atoms. The quantitative estimate of drug-likeness (QED) is 0.787. The molecule has 1 atom stereocenters. The summed E-state index contributed by atoms with van der Waals surface area (Å²) in [7, 11) is 0. The molecule has 0 spiro atoms. The number of halogens is 1. The topological polar surface area (TPSA) is 66.3 Å². The highest BCUT2D eigenvalue weighted by molar-refractivity contribution is 6.29. The molecule has 1 aromatic heterocycles. The molecule has 2 rings (SSSR count). The molecule has 1 aromatic rings. The Morgan fingerprint density at radius 1 is 1.56 bits per heavy atom. The molecule has 5 nitrogen and oxygen atoms in total. The first kappa shape index (κ1) is 11.3. The van der Waals surface area contributed by atoms with Crippen LogP contribution in [0.25, 0.3) is 0 Å². The molecule has 0 unspecified atom stereocenters. The molecule has 0 bridgehead atoms. The molecular weight excluding hydrogens is 230 g/mol. The highest BCUT2D eigenvalue weighted by Gasteiger charge is 2.24. The second-order valence-electron chi connectivity index (χ2n) is 3.77. The summed E-state index contributed by atoms with van der Waals surface area (Å²) in [5.74, 6) is -0.228. The monoisotopic (exact) mass is 241 g/mol. The number of piperidine rings is 1. The van der Waals surface area contributed by atoms with Gasteiger partial charge in [-0.25, -0.2) is 4.98 Å². The van der Waals surface area contributed by atoms with E-state index in [2.05, 4.69) is 9.97 Å². The smallest absolute Gasteiger partial charge is 0.274 e. The van der Waals surface area contributed by atoms with Crippen LogP contribution in [0.15, 0.2) is 12.4 Å². The van der Waals surface area contributed by atoms with E-state index in [1.807, 2.05) is 0 Å². The Balaban J connectivity index is 2.12. The fraction of sp³-hybridized carbons (Fsp3) is 0.500. The van der Waals surface area contributed by atoms with E-state index in [9.17, 15) is 9.90 Å². The number of β-amino-alcohol motifs (C(OH)–C–C–N with tert-alkyl or cyclic N) is 1. The summed E-state index contributed by atoms with van der Waals surface area (Å²) in [5, 5.41) is 9.67. The van der Waals surface area contributed by atoms with Gasteiger partial charge in [0, 0.05) is 13.1 Å². The molecule has 1 aliphatic heterocycles. The van der Waals surface area contributed by atoms with Gasteiger partial charge in [0.25, 0.3) is 5.91 Å². The Bertz CT molecular complexity index is 399. The minimum Gasteiger partial charge on any atom is -0.391 e. The average molecular weight is 242 g/mol. The number of nitrogens with zero attached hydrogens (tertiary/aromatic N) is 3. The normalized spacial score (nSPS) is 20.9. The van der Waals surface area contributed by atoms with Gasteiger partial charge in [-0.15, -0.1) is 0 Å².